The lowest BCUT2D eigenvalue weighted by Gasteiger charge is -2.11. The number of ether oxygens (including phenoxy) is 2. The zero-order valence-electron chi connectivity index (χ0n) is 12.9. The van der Waals surface area contributed by atoms with Crippen LogP contribution in [-0.4, -0.2) is 28.4 Å². The van der Waals surface area contributed by atoms with Crippen LogP contribution >= 0.6 is 39.9 Å². The van der Waals surface area contributed by atoms with E-state index in [4.69, 9.17) is 21.7 Å². The van der Waals surface area contributed by atoms with Crippen molar-refractivity contribution in [3.05, 3.63) is 57.7 Å². The molecule has 1 aliphatic heterocycles. The molecule has 0 atom stereocenters. The van der Waals surface area contributed by atoms with Gasteiger partial charge in [0.25, 0.3) is 5.91 Å². The van der Waals surface area contributed by atoms with E-state index >= 15 is 0 Å². The van der Waals surface area contributed by atoms with Gasteiger partial charge in [0, 0.05) is 16.2 Å². The molecule has 0 unspecified atom stereocenters. The Morgan fingerprint density at radius 1 is 1.28 bits per heavy atom. The molecule has 1 saturated heterocycles. The third-order valence-corrected chi connectivity index (χ3v) is 4.80. The fourth-order valence-corrected chi connectivity index (χ4v) is 3.48. The molecule has 1 aromatic carbocycles. The summed E-state index contributed by atoms with van der Waals surface area (Å²) in [5.74, 6) is 1.16. The highest BCUT2D eigenvalue weighted by Gasteiger charge is 2.22. The average molecular weight is 437 g/mol. The average Bonchev–Trinajstić information content (AvgIpc) is 2.91. The first kappa shape index (κ1) is 17.9. The van der Waals surface area contributed by atoms with E-state index in [1.807, 2.05) is 30.3 Å². The summed E-state index contributed by atoms with van der Waals surface area (Å²) in [7, 11) is 0. The number of aromatic nitrogens is 1. The minimum Gasteiger partial charge on any atom is -0.489 e. The molecule has 8 heteroatoms. The summed E-state index contributed by atoms with van der Waals surface area (Å²) < 4.78 is 12.7. The Bertz CT molecular complexity index is 828. The molecule has 25 heavy (non-hydrogen) atoms. The molecule has 1 amide bonds. The second-order valence-electron chi connectivity index (χ2n) is 4.92. The number of carbonyl (C=O) groups excluding carboxylic acids is 1. The molecule has 2 heterocycles. The SMILES string of the molecule is O=C1NC(=S)SC1=Cc1cc(Br)ccc1OCCOc1cccnc1. The number of nitrogens with zero attached hydrogens (tertiary/aromatic N) is 1. The van der Waals surface area contributed by atoms with Gasteiger partial charge in [-0.25, -0.2) is 0 Å². The third-order valence-electron chi connectivity index (χ3n) is 3.14. The van der Waals surface area contributed by atoms with E-state index in [0.29, 0.717) is 33.9 Å². The molecule has 0 bridgehead atoms. The Balaban J connectivity index is 1.66. The third kappa shape index (κ3) is 5.04. The number of hydrogen-bond acceptors (Lipinski definition) is 6. The van der Waals surface area contributed by atoms with Crippen LogP contribution in [0.5, 0.6) is 11.5 Å². The molecule has 1 aromatic heterocycles. The van der Waals surface area contributed by atoms with Gasteiger partial charge in [-0.15, -0.1) is 0 Å². The first-order chi connectivity index (χ1) is 12.1. The van der Waals surface area contributed by atoms with Crippen molar-refractivity contribution in [2.75, 3.05) is 13.2 Å². The minimum absolute atomic E-state index is 0.194. The molecule has 1 aliphatic rings. The highest BCUT2D eigenvalue weighted by molar-refractivity contribution is 9.10. The van der Waals surface area contributed by atoms with Crippen molar-refractivity contribution in [1.82, 2.24) is 10.3 Å². The predicted molar refractivity (Wildman–Crippen MR) is 106 cm³/mol. The smallest absolute Gasteiger partial charge is 0.263 e. The summed E-state index contributed by atoms with van der Waals surface area (Å²) in [6, 6.07) is 9.26. The summed E-state index contributed by atoms with van der Waals surface area (Å²) in [5.41, 5.74) is 0.790. The molecular formula is C17H13BrN2O3S2. The largest absolute Gasteiger partial charge is 0.489 e. The molecule has 5 nitrogen and oxygen atoms in total. The summed E-state index contributed by atoms with van der Waals surface area (Å²) in [5, 5.41) is 2.60. The minimum atomic E-state index is -0.194. The highest BCUT2D eigenvalue weighted by Crippen LogP contribution is 2.31. The van der Waals surface area contributed by atoms with Gasteiger partial charge in [-0.1, -0.05) is 39.9 Å². The van der Waals surface area contributed by atoms with Gasteiger partial charge in [-0.3, -0.25) is 9.78 Å². The van der Waals surface area contributed by atoms with E-state index in [1.165, 1.54) is 11.8 Å². The van der Waals surface area contributed by atoms with Gasteiger partial charge in [-0.05, 0) is 36.4 Å². The van der Waals surface area contributed by atoms with Crippen LogP contribution in [0, 0.1) is 0 Å². The lowest BCUT2D eigenvalue weighted by Crippen LogP contribution is -2.17. The summed E-state index contributed by atoms with van der Waals surface area (Å²) in [4.78, 5) is 16.4. The molecule has 0 aliphatic carbocycles. The molecule has 2 aromatic rings. The maximum absolute atomic E-state index is 11.8. The van der Waals surface area contributed by atoms with E-state index in [-0.39, 0.29) is 5.91 Å². The van der Waals surface area contributed by atoms with Crippen LogP contribution < -0.4 is 14.8 Å². The van der Waals surface area contributed by atoms with Crippen LogP contribution in [0.1, 0.15) is 5.56 Å². The lowest BCUT2D eigenvalue weighted by molar-refractivity contribution is -0.115. The Labute approximate surface area is 162 Å². The van der Waals surface area contributed by atoms with Gasteiger partial charge >= 0.3 is 0 Å². The molecule has 3 rings (SSSR count). The van der Waals surface area contributed by atoms with Crippen LogP contribution in [-0.2, 0) is 4.79 Å². The molecule has 0 spiro atoms. The Morgan fingerprint density at radius 3 is 2.84 bits per heavy atom. The van der Waals surface area contributed by atoms with Crippen LogP contribution in [0.15, 0.2) is 52.1 Å². The van der Waals surface area contributed by atoms with Crippen molar-refractivity contribution in [1.29, 1.82) is 0 Å². The Morgan fingerprint density at radius 2 is 2.12 bits per heavy atom. The lowest BCUT2D eigenvalue weighted by atomic mass is 10.2. The van der Waals surface area contributed by atoms with Crippen LogP contribution in [0.3, 0.4) is 0 Å². The van der Waals surface area contributed by atoms with E-state index in [1.54, 1.807) is 18.5 Å². The van der Waals surface area contributed by atoms with Crippen LogP contribution in [0.2, 0.25) is 0 Å². The van der Waals surface area contributed by atoms with Gasteiger partial charge in [0.05, 0.1) is 11.1 Å². The highest BCUT2D eigenvalue weighted by atomic mass is 79.9. The van der Waals surface area contributed by atoms with Gasteiger partial charge in [0.15, 0.2) is 0 Å². The first-order valence-electron chi connectivity index (χ1n) is 7.32. The van der Waals surface area contributed by atoms with E-state index in [0.717, 1.165) is 10.0 Å². The second-order valence-corrected chi connectivity index (χ2v) is 7.55. The molecule has 0 saturated carbocycles. The number of thiocarbonyl (C=S) groups is 1. The molecule has 0 radical (unpaired) electrons. The monoisotopic (exact) mass is 436 g/mol. The fraction of sp³-hybridized carbons (Fsp3) is 0.118. The molecule has 1 fully saturated rings. The topological polar surface area (TPSA) is 60.5 Å². The number of nitrogens with one attached hydrogen (secondary N) is 1. The van der Waals surface area contributed by atoms with E-state index in [9.17, 15) is 4.79 Å². The van der Waals surface area contributed by atoms with Gasteiger partial charge in [0.1, 0.15) is 29.0 Å². The summed E-state index contributed by atoms with van der Waals surface area (Å²) >= 11 is 9.68. The molecular weight excluding hydrogens is 424 g/mol. The first-order valence-corrected chi connectivity index (χ1v) is 9.33. The Kier molecular flexibility index (Phi) is 6.06. The number of rotatable bonds is 6. The Hall–Kier alpha value is -1.90. The standard InChI is InChI=1S/C17H13BrN2O3S2/c18-12-3-4-14(23-7-6-22-13-2-1-5-19-10-13)11(8-12)9-15-16(21)20-17(24)25-15/h1-5,8-10H,6-7H2,(H,20,21,24). The van der Waals surface area contributed by atoms with Crippen LogP contribution in [0.25, 0.3) is 6.08 Å². The van der Waals surface area contributed by atoms with Gasteiger partial charge in [-0.2, -0.15) is 0 Å². The normalized spacial score (nSPS) is 15.3. The van der Waals surface area contributed by atoms with E-state index in [2.05, 4.69) is 26.2 Å². The van der Waals surface area contributed by atoms with E-state index < -0.39 is 0 Å². The number of amides is 1. The van der Waals surface area contributed by atoms with Crippen molar-refractivity contribution < 1.29 is 14.3 Å². The van der Waals surface area contributed by atoms with Crippen LogP contribution in [0.4, 0.5) is 0 Å². The quantitative estimate of drug-likeness (QED) is 0.422. The van der Waals surface area contributed by atoms with Crippen molar-refractivity contribution >= 4 is 56.2 Å². The summed E-state index contributed by atoms with van der Waals surface area (Å²) in [6.07, 6.45) is 5.10. The summed E-state index contributed by atoms with van der Waals surface area (Å²) in [6.45, 7) is 0.752. The zero-order valence-corrected chi connectivity index (χ0v) is 16.1. The molecule has 128 valence electrons. The molecule has 1 N–H and O–H groups in total. The maximum Gasteiger partial charge on any atom is 0.263 e. The number of pyridine rings is 1. The van der Waals surface area contributed by atoms with Crippen molar-refractivity contribution in [3.63, 3.8) is 0 Å². The fourth-order valence-electron chi connectivity index (χ4n) is 2.07. The van der Waals surface area contributed by atoms with Gasteiger partial charge < -0.3 is 14.8 Å². The zero-order chi connectivity index (χ0) is 17.6. The van der Waals surface area contributed by atoms with Crippen molar-refractivity contribution in [2.45, 2.75) is 0 Å². The number of benzene rings is 1. The van der Waals surface area contributed by atoms with Gasteiger partial charge in [0.2, 0.25) is 0 Å². The van der Waals surface area contributed by atoms with Crippen molar-refractivity contribution in [2.24, 2.45) is 0 Å². The number of carbonyl (C=O) groups is 1. The predicted octanol–water partition coefficient (Wildman–Crippen LogP) is 3.79. The van der Waals surface area contributed by atoms with Crippen molar-refractivity contribution in [3.8, 4) is 11.5 Å². The number of hydrogen-bond donors (Lipinski definition) is 1. The maximum atomic E-state index is 11.8. The number of halogens is 1. The second kappa shape index (κ2) is 8.46. The number of thioether (sulfide) groups is 1.